The van der Waals surface area contributed by atoms with Crippen molar-refractivity contribution in [3.05, 3.63) is 29.7 Å². The molecule has 1 aliphatic rings. The highest BCUT2D eigenvalue weighted by molar-refractivity contribution is 6.02. The minimum atomic E-state index is -1.96. The van der Waals surface area contributed by atoms with E-state index in [1.807, 2.05) is 0 Å². The van der Waals surface area contributed by atoms with Crippen LogP contribution in [0.4, 0.5) is 0 Å². The summed E-state index contributed by atoms with van der Waals surface area (Å²) in [6.07, 6.45) is 4.47. The fourth-order valence-corrected chi connectivity index (χ4v) is 2.84. The van der Waals surface area contributed by atoms with E-state index < -0.39 is 17.3 Å². The summed E-state index contributed by atoms with van der Waals surface area (Å²) >= 11 is 0. The quantitative estimate of drug-likeness (QED) is 0.790. The van der Waals surface area contributed by atoms with Gasteiger partial charge in [-0.2, -0.15) is 21.0 Å². The monoisotopic (exact) mass is 304 g/mol. The molecule has 1 aromatic heterocycles. The number of rotatable bonds is 3. The third-order valence-corrected chi connectivity index (χ3v) is 4.06. The molecule has 1 fully saturated rings. The van der Waals surface area contributed by atoms with Crippen LogP contribution in [0.5, 0.6) is 0 Å². The van der Waals surface area contributed by atoms with Crippen LogP contribution in [0.2, 0.25) is 0 Å². The Morgan fingerprint density at radius 2 is 1.96 bits per heavy atom. The van der Waals surface area contributed by atoms with E-state index in [4.69, 9.17) is 14.9 Å². The topological polar surface area (TPSA) is 125 Å². The number of Topliss-reactive ketones (excluding diaryl/α,β-unsaturated/α-hetero) is 1. The van der Waals surface area contributed by atoms with Gasteiger partial charge in [0.25, 0.3) is 0 Å². The van der Waals surface area contributed by atoms with Gasteiger partial charge < -0.3 is 4.42 Å². The predicted molar refractivity (Wildman–Crippen MR) is 77.4 cm³/mol. The number of nitriles is 4. The standard InChI is InChI=1S/C17H12N4O2/c18-8-13(9-19)17(10-20,11-21)15-5-1-3-12(16(15)22)7-14-4-2-6-23-14/h2,4,6-7,13,15H,1,3,5H2/b12-7-. The summed E-state index contributed by atoms with van der Waals surface area (Å²) in [5.74, 6) is -2.33. The largest absolute Gasteiger partial charge is 0.465 e. The van der Waals surface area contributed by atoms with Gasteiger partial charge in [0.2, 0.25) is 0 Å². The van der Waals surface area contributed by atoms with E-state index >= 15 is 0 Å². The van der Waals surface area contributed by atoms with E-state index in [-0.39, 0.29) is 5.78 Å². The van der Waals surface area contributed by atoms with Crippen molar-refractivity contribution in [2.75, 3.05) is 0 Å². The number of nitrogens with zero attached hydrogens (tertiary/aromatic N) is 4. The lowest BCUT2D eigenvalue weighted by Crippen LogP contribution is -2.41. The summed E-state index contributed by atoms with van der Waals surface area (Å²) in [6.45, 7) is 0. The van der Waals surface area contributed by atoms with Gasteiger partial charge in [-0.1, -0.05) is 0 Å². The second-order valence-corrected chi connectivity index (χ2v) is 5.28. The van der Waals surface area contributed by atoms with Crippen LogP contribution in [0.1, 0.15) is 25.0 Å². The van der Waals surface area contributed by atoms with E-state index in [0.29, 0.717) is 30.6 Å². The van der Waals surface area contributed by atoms with Crippen molar-refractivity contribution in [3.8, 4) is 24.3 Å². The normalized spacial score (nSPS) is 19.6. The highest BCUT2D eigenvalue weighted by atomic mass is 16.3. The Morgan fingerprint density at radius 1 is 1.26 bits per heavy atom. The number of allylic oxidation sites excluding steroid dienone is 1. The zero-order valence-corrected chi connectivity index (χ0v) is 12.2. The first kappa shape index (κ1) is 16.0. The Hall–Kier alpha value is -3.35. The molecule has 0 aromatic carbocycles. The van der Waals surface area contributed by atoms with Crippen LogP contribution in [0.3, 0.4) is 0 Å². The van der Waals surface area contributed by atoms with Crippen LogP contribution >= 0.6 is 0 Å². The molecule has 0 saturated heterocycles. The van der Waals surface area contributed by atoms with E-state index in [0.717, 1.165) is 0 Å². The molecule has 6 nitrogen and oxygen atoms in total. The van der Waals surface area contributed by atoms with E-state index in [9.17, 15) is 15.3 Å². The van der Waals surface area contributed by atoms with Crippen LogP contribution in [0, 0.1) is 62.6 Å². The van der Waals surface area contributed by atoms with E-state index in [2.05, 4.69) is 0 Å². The molecule has 1 heterocycles. The van der Waals surface area contributed by atoms with Gasteiger partial charge in [-0.25, -0.2) is 0 Å². The third kappa shape index (κ3) is 2.71. The molecule has 0 radical (unpaired) electrons. The maximum absolute atomic E-state index is 12.7. The molecule has 1 aromatic rings. The van der Waals surface area contributed by atoms with Gasteiger partial charge in [-0.3, -0.25) is 4.79 Å². The summed E-state index contributed by atoms with van der Waals surface area (Å²) in [5, 5.41) is 37.1. The van der Waals surface area contributed by atoms with Gasteiger partial charge in [0.05, 0.1) is 36.5 Å². The molecule has 1 unspecified atom stereocenters. The molecule has 23 heavy (non-hydrogen) atoms. The minimum Gasteiger partial charge on any atom is -0.465 e. The maximum Gasteiger partial charge on any atom is 0.182 e. The summed E-state index contributed by atoms with van der Waals surface area (Å²) in [7, 11) is 0. The van der Waals surface area contributed by atoms with Gasteiger partial charge in [0.1, 0.15) is 5.76 Å². The molecule has 0 spiro atoms. The fourth-order valence-electron chi connectivity index (χ4n) is 2.84. The average Bonchev–Trinajstić information content (AvgIpc) is 3.08. The SMILES string of the molecule is N#CC(C#N)C(C#N)(C#N)C1CCC/C(=C/c2ccco2)C1=O. The number of ketones is 1. The molecular weight excluding hydrogens is 292 g/mol. The van der Waals surface area contributed by atoms with Crippen molar-refractivity contribution in [1.82, 2.24) is 0 Å². The highest BCUT2D eigenvalue weighted by Gasteiger charge is 2.52. The van der Waals surface area contributed by atoms with E-state index in [1.165, 1.54) is 6.26 Å². The minimum absolute atomic E-state index is 0.301. The summed E-state index contributed by atoms with van der Waals surface area (Å²) in [5.41, 5.74) is -1.51. The van der Waals surface area contributed by atoms with Gasteiger partial charge in [0.15, 0.2) is 17.1 Å². The Morgan fingerprint density at radius 3 is 2.48 bits per heavy atom. The van der Waals surface area contributed by atoms with Crippen molar-refractivity contribution in [3.63, 3.8) is 0 Å². The molecule has 6 heteroatoms. The number of furan rings is 1. The fraction of sp³-hybridized carbons (Fsp3) is 0.353. The molecule has 1 saturated carbocycles. The number of carbonyl (C=O) groups excluding carboxylic acids is 1. The lowest BCUT2D eigenvalue weighted by atomic mass is 9.63. The van der Waals surface area contributed by atoms with Crippen LogP contribution in [0.15, 0.2) is 28.4 Å². The first-order valence-electron chi connectivity index (χ1n) is 7.03. The van der Waals surface area contributed by atoms with Gasteiger partial charge >= 0.3 is 0 Å². The molecule has 1 aliphatic carbocycles. The number of carbonyl (C=O) groups is 1. The molecule has 0 N–H and O–H groups in total. The second kappa shape index (κ2) is 6.61. The van der Waals surface area contributed by atoms with Crippen molar-refractivity contribution in [2.45, 2.75) is 19.3 Å². The van der Waals surface area contributed by atoms with Crippen LogP contribution < -0.4 is 0 Å². The summed E-state index contributed by atoms with van der Waals surface area (Å²) in [6, 6.07) is 10.3. The van der Waals surface area contributed by atoms with Crippen LogP contribution in [-0.4, -0.2) is 5.78 Å². The Labute approximate surface area is 133 Å². The van der Waals surface area contributed by atoms with Gasteiger partial charge in [0, 0.05) is 0 Å². The van der Waals surface area contributed by atoms with E-state index in [1.54, 1.807) is 42.5 Å². The molecular formula is C17H12N4O2. The Kier molecular flexibility index (Phi) is 4.61. The van der Waals surface area contributed by atoms with Crippen molar-refractivity contribution in [1.29, 1.82) is 21.0 Å². The molecule has 0 bridgehead atoms. The molecule has 2 rings (SSSR count). The number of hydrogen-bond acceptors (Lipinski definition) is 6. The molecule has 1 atom stereocenters. The summed E-state index contributed by atoms with van der Waals surface area (Å²) < 4.78 is 5.18. The van der Waals surface area contributed by atoms with Crippen molar-refractivity contribution < 1.29 is 9.21 Å². The van der Waals surface area contributed by atoms with Gasteiger partial charge in [-0.05, 0) is 43.0 Å². The first-order chi connectivity index (χ1) is 11.1. The summed E-state index contributed by atoms with van der Waals surface area (Å²) in [4.78, 5) is 12.7. The van der Waals surface area contributed by atoms with Crippen LogP contribution in [0.25, 0.3) is 6.08 Å². The third-order valence-electron chi connectivity index (χ3n) is 4.06. The lowest BCUT2D eigenvalue weighted by molar-refractivity contribution is -0.122. The highest BCUT2D eigenvalue weighted by Crippen LogP contribution is 2.43. The zero-order chi connectivity index (χ0) is 16.9. The molecule has 112 valence electrons. The first-order valence-corrected chi connectivity index (χ1v) is 7.03. The number of hydrogen-bond donors (Lipinski definition) is 0. The van der Waals surface area contributed by atoms with Crippen molar-refractivity contribution >= 4 is 11.9 Å². The lowest BCUT2D eigenvalue weighted by Gasteiger charge is -2.32. The van der Waals surface area contributed by atoms with Crippen LogP contribution in [-0.2, 0) is 4.79 Å². The van der Waals surface area contributed by atoms with Gasteiger partial charge in [-0.15, -0.1) is 0 Å². The maximum atomic E-state index is 12.7. The van der Waals surface area contributed by atoms with Crippen molar-refractivity contribution in [2.24, 2.45) is 17.3 Å². The molecule has 0 aliphatic heterocycles. The smallest absolute Gasteiger partial charge is 0.182 e. The zero-order valence-electron chi connectivity index (χ0n) is 12.2. The average molecular weight is 304 g/mol. The predicted octanol–water partition coefficient (Wildman–Crippen LogP) is 2.73. The Balaban J connectivity index is 2.45. The molecule has 0 amide bonds. The second-order valence-electron chi connectivity index (χ2n) is 5.28. The Bertz CT molecular complexity index is 766.